The number of anilines is 1. The van der Waals surface area contributed by atoms with E-state index in [1.807, 2.05) is 0 Å². The summed E-state index contributed by atoms with van der Waals surface area (Å²) >= 11 is 6.27. The van der Waals surface area contributed by atoms with E-state index in [1.54, 1.807) is 87.5 Å². The Hall–Kier alpha value is -4.30. The standard InChI is InChI=1S/C30H28ClNO7/c1-30(2,3)39-24(33)17-38-23-16-19(31)10-15-22(23)26-25(27(34)18-8-6-5-7-9-18)28(35)29(36)32(26)20-11-13-21(37-4)14-12-20/h5-16,26,34H,17H2,1-4H3. The van der Waals surface area contributed by atoms with Crippen LogP contribution in [-0.2, 0) is 19.1 Å². The molecule has 202 valence electrons. The molecule has 0 aliphatic carbocycles. The number of hydrogen-bond donors (Lipinski definition) is 1. The van der Waals surface area contributed by atoms with E-state index in [4.69, 9.17) is 25.8 Å². The molecule has 9 heteroatoms. The first-order valence-electron chi connectivity index (χ1n) is 12.1. The van der Waals surface area contributed by atoms with Gasteiger partial charge in [-0.25, -0.2) is 4.79 Å². The Kier molecular flexibility index (Phi) is 7.97. The first-order valence-corrected chi connectivity index (χ1v) is 12.5. The van der Waals surface area contributed by atoms with Gasteiger partial charge in [0.05, 0.1) is 18.7 Å². The molecule has 1 atom stereocenters. The monoisotopic (exact) mass is 549 g/mol. The Morgan fingerprint density at radius 2 is 1.67 bits per heavy atom. The highest BCUT2D eigenvalue weighted by atomic mass is 35.5. The lowest BCUT2D eigenvalue weighted by atomic mass is 9.94. The lowest BCUT2D eigenvalue weighted by molar-refractivity contribution is -0.157. The fourth-order valence-electron chi connectivity index (χ4n) is 4.25. The molecule has 3 aromatic rings. The molecular weight excluding hydrogens is 522 g/mol. The maximum absolute atomic E-state index is 13.5. The van der Waals surface area contributed by atoms with Crippen molar-refractivity contribution in [2.24, 2.45) is 0 Å². The van der Waals surface area contributed by atoms with Crippen LogP contribution in [0.25, 0.3) is 5.76 Å². The molecule has 1 heterocycles. The molecule has 0 radical (unpaired) electrons. The molecule has 8 nitrogen and oxygen atoms in total. The van der Waals surface area contributed by atoms with Crippen molar-refractivity contribution in [2.75, 3.05) is 18.6 Å². The minimum Gasteiger partial charge on any atom is -0.507 e. The van der Waals surface area contributed by atoms with Gasteiger partial charge in [0.25, 0.3) is 11.7 Å². The summed E-state index contributed by atoms with van der Waals surface area (Å²) in [5, 5.41) is 11.6. The number of aliphatic hydroxyl groups excluding tert-OH is 1. The number of carbonyl (C=O) groups excluding carboxylic acids is 3. The lowest BCUT2D eigenvalue weighted by Crippen LogP contribution is -2.30. The van der Waals surface area contributed by atoms with Crippen molar-refractivity contribution in [3.8, 4) is 11.5 Å². The molecule has 0 saturated carbocycles. The maximum atomic E-state index is 13.5. The van der Waals surface area contributed by atoms with E-state index in [0.717, 1.165) is 0 Å². The Bertz CT molecular complexity index is 1430. The fraction of sp³-hybridized carbons (Fsp3) is 0.233. The normalized spacial score (nSPS) is 16.7. The van der Waals surface area contributed by atoms with E-state index in [2.05, 4.69) is 0 Å². The number of amides is 1. The molecule has 3 aromatic carbocycles. The van der Waals surface area contributed by atoms with Gasteiger partial charge in [-0.3, -0.25) is 14.5 Å². The second-order valence-electron chi connectivity index (χ2n) is 9.79. The average molecular weight is 550 g/mol. The van der Waals surface area contributed by atoms with Crippen LogP contribution in [-0.4, -0.2) is 42.1 Å². The highest BCUT2D eigenvalue weighted by Gasteiger charge is 2.48. The number of ketones is 1. The molecule has 1 saturated heterocycles. The van der Waals surface area contributed by atoms with Gasteiger partial charge in [0, 0.05) is 21.8 Å². The SMILES string of the molecule is COc1ccc(N2C(=O)C(=O)C(=C(O)c3ccccc3)C2c2ccc(Cl)cc2OCC(=O)OC(C)(C)C)cc1. The van der Waals surface area contributed by atoms with Gasteiger partial charge in [-0.2, -0.15) is 0 Å². The van der Waals surface area contributed by atoms with Crippen LogP contribution in [0, 0.1) is 0 Å². The number of ether oxygens (including phenoxy) is 3. The molecule has 0 spiro atoms. The third-order valence-electron chi connectivity index (χ3n) is 5.88. The van der Waals surface area contributed by atoms with E-state index < -0.39 is 35.9 Å². The number of benzene rings is 3. The van der Waals surface area contributed by atoms with Gasteiger partial charge < -0.3 is 19.3 Å². The Morgan fingerprint density at radius 3 is 2.28 bits per heavy atom. The molecule has 1 fully saturated rings. The van der Waals surface area contributed by atoms with Crippen molar-refractivity contribution in [2.45, 2.75) is 32.4 Å². The van der Waals surface area contributed by atoms with E-state index in [0.29, 0.717) is 27.6 Å². The van der Waals surface area contributed by atoms with E-state index in [9.17, 15) is 19.5 Å². The maximum Gasteiger partial charge on any atom is 0.344 e. The van der Waals surface area contributed by atoms with Gasteiger partial charge in [0.1, 0.15) is 22.9 Å². The van der Waals surface area contributed by atoms with Crippen molar-refractivity contribution in [1.82, 2.24) is 0 Å². The largest absolute Gasteiger partial charge is 0.507 e. The summed E-state index contributed by atoms with van der Waals surface area (Å²) in [6, 6.07) is 18.6. The summed E-state index contributed by atoms with van der Waals surface area (Å²) in [6.45, 7) is 4.77. The van der Waals surface area contributed by atoms with Crippen molar-refractivity contribution in [1.29, 1.82) is 0 Å². The summed E-state index contributed by atoms with van der Waals surface area (Å²) < 4.78 is 16.4. The molecular formula is C30H28ClNO7. The molecule has 0 aromatic heterocycles. The van der Waals surface area contributed by atoms with E-state index in [1.165, 1.54) is 18.1 Å². The van der Waals surface area contributed by atoms with Gasteiger partial charge in [-0.15, -0.1) is 0 Å². The van der Waals surface area contributed by atoms with E-state index >= 15 is 0 Å². The fourth-order valence-corrected chi connectivity index (χ4v) is 4.42. The predicted molar refractivity (Wildman–Crippen MR) is 147 cm³/mol. The van der Waals surface area contributed by atoms with Crippen LogP contribution in [0.3, 0.4) is 0 Å². The van der Waals surface area contributed by atoms with Crippen LogP contribution in [0.5, 0.6) is 11.5 Å². The topological polar surface area (TPSA) is 102 Å². The summed E-state index contributed by atoms with van der Waals surface area (Å²) in [5.74, 6) is -1.95. The molecule has 1 aliphatic heterocycles. The average Bonchev–Trinajstić information content (AvgIpc) is 3.16. The zero-order valence-electron chi connectivity index (χ0n) is 21.9. The van der Waals surface area contributed by atoms with Gasteiger partial charge in [0.15, 0.2) is 6.61 Å². The first-order chi connectivity index (χ1) is 18.5. The van der Waals surface area contributed by atoms with Gasteiger partial charge in [-0.05, 0) is 57.2 Å². The third-order valence-corrected chi connectivity index (χ3v) is 6.11. The number of halogens is 1. The highest BCUT2D eigenvalue weighted by molar-refractivity contribution is 6.51. The lowest BCUT2D eigenvalue weighted by Gasteiger charge is -2.27. The molecule has 1 unspecified atom stereocenters. The number of carbonyl (C=O) groups is 3. The van der Waals surface area contributed by atoms with Crippen molar-refractivity contribution >= 4 is 40.7 Å². The van der Waals surface area contributed by atoms with E-state index in [-0.39, 0.29) is 17.1 Å². The van der Waals surface area contributed by atoms with Crippen molar-refractivity contribution < 1.29 is 33.7 Å². The number of rotatable bonds is 7. The zero-order chi connectivity index (χ0) is 28.3. The van der Waals surface area contributed by atoms with Gasteiger partial charge in [-0.1, -0.05) is 48.0 Å². The second-order valence-corrected chi connectivity index (χ2v) is 10.2. The molecule has 1 aliphatic rings. The van der Waals surface area contributed by atoms with Crippen LogP contribution in [0.1, 0.15) is 37.9 Å². The quantitative estimate of drug-likeness (QED) is 0.175. The van der Waals surface area contributed by atoms with Crippen LogP contribution in [0.15, 0.2) is 78.4 Å². The van der Waals surface area contributed by atoms with Crippen LogP contribution < -0.4 is 14.4 Å². The smallest absolute Gasteiger partial charge is 0.344 e. The summed E-state index contributed by atoms with van der Waals surface area (Å²) in [7, 11) is 1.52. The summed E-state index contributed by atoms with van der Waals surface area (Å²) in [6.07, 6.45) is 0. The van der Waals surface area contributed by atoms with Crippen molar-refractivity contribution in [3.63, 3.8) is 0 Å². The minimum absolute atomic E-state index is 0.133. The Balaban J connectivity index is 1.87. The number of Topliss-reactive ketones (excluding diaryl/α,β-unsaturated/α-hetero) is 1. The first kappa shape index (κ1) is 27.7. The molecule has 39 heavy (non-hydrogen) atoms. The summed E-state index contributed by atoms with van der Waals surface area (Å²) in [5.41, 5.74) is 0.246. The summed E-state index contributed by atoms with van der Waals surface area (Å²) in [4.78, 5) is 40.6. The molecule has 1 amide bonds. The highest BCUT2D eigenvalue weighted by Crippen LogP contribution is 2.45. The second kappa shape index (κ2) is 11.2. The zero-order valence-corrected chi connectivity index (χ0v) is 22.7. The number of methoxy groups -OCH3 is 1. The van der Waals surface area contributed by atoms with Crippen LogP contribution >= 0.6 is 11.6 Å². The molecule has 4 rings (SSSR count). The molecule has 1 N–H and O–H groups in total. The van der Waals surface area contributed by atoms with Crippen LogP contribution in [0.2, 0.25) is 5.02 Å². The van der Waals surface area contributed by atoms with Gasteiger partial charge in [0.2, 0.25) is 0 Å². The Morgan fingerprint density at radius 1 is 1.00 bits per heavy atom. The van der Waals surface area contributed by atoms with Crippen LogP contribution in [0.4, 0.5) is 5.69 Å². The number of aliphatic hydroxyl groups is 1. The third kappa shape index (κ3) is 6.07. The Labute approximate surface area is 231 Å². The number of hydrogen-bond acceptors (Lipinski definition) is 7. The van der Waals surface area contributed by atoms with Crippen molar-refractivity contribution in [3.05, 3.63) is 94.5 Å². The minimum atomic E-state index is -1.09. The number of nitrogens with zero attached hydrogens (tertiary/aromatic N) is 1. The van der Waals surface area contributed by atoms with Gasteiger partial charge >= 0.3 is 5.97 Å². The number of esters is 1. The predicted octanol–water partition coefficient (Wildman–Crippen LogP) is 5.70. The molecule has 0 bridgehead atoms.